The van der Waals surface area contributed by atoms with Crippen LogP contribution in [0.5, 0.6) is 0 Å². The average Bonchev–Trinajstić information content (AvgIpc) is 3.93. The first-order valence-electron chi connectivity index (χ1n) is 21.5. The van der Waals surface area contributed by atoms with E-state index in [0.29, 0.717) is 0 Å². The fourth-order valence-electron chi connectivity index (χ4n) is 9.85. The molecule has 0 fully saturated rings. The van der Waals surface area contributed by atoms with Crippen LogP contribution in [0.15, 0.2) is 233 Å². The molecule has 0 atom stereocenters. The average molecular weight is 804 g/mol. The Balaban J connectivity index is 0.943. The Hall–Kier alpha value is -8.40. The standard InChI is InChI=1S/C60H37NO2/c1-4-16-49-39(11-1)27-34-54-59-48(20-10-22-57(59)63-60(49)54)42-13-9-14-46(35-42)61(44-29-23-38(24-30-44)41-28-33-53-52-19-7-8-21-56(52)62-58(53)37-41)45-31-25-40(26-32-45)55-36-43-12-2-3-15-47(43)50-17-5-6-18-51(50)55/h1-37H. The number of benzene rings is 11. The Kier molecular flexibility index (Phi) is 7.91. The van der Waals surface area contributed by atoms with Crippen molar-refractivity contribution >= 4 is 93.3 Å². The predicted octanol–water partition coefficient (Wildman–Crippen LogP) is 17.4. The van der Waals surface area contributed by atoms with E-state index in [1.54, 1.807) is 0 Å². The van der Waals surface area contributed by atoms with Gasteiger partial charge in [-0.3, -0.25) is 0 Å². The van der Waals surface area contributed by atoms with E-state index >= 15 is 0 Å². The maximum Gasteiger partial charge on any atom is 0.143 e. The van der Waals surface area contributed by atoms with E-state index in [4.69, 9.17) is 8.83 Å². The normalized spacial score (nSPS) is 11.8. The fraction of sp³-hybridized carbons (Fsp3) is 0. The van der Waals surface area contributed by atoms with Crippen molar-refractivity contribution in [2.24, 2.45) is 0 Å². The third kappa shape index (κ3) is 5.75. The van der Waals surface area contributed by atoms with Crippen LogP contribution >= 0.6 is 0 Å². The smallest absolute Gasteiger partial charge is 0.143 e. The van der Waals surface area contributed by atoms with Gasteiger partial charge in [-0.1, -0.05) is 152 Å². The van der Waals surface area contributed by atoms with E-state index in [-0.39, 0.29) is 0 Å². The van der Waals surface area contributed by atoms with Crippen LogP contribution < -0.4 is 4.90 Å². The molecule has 0 N–H and O–H groups in total. The Morgan fingerprint density at radius 3 is 1.71 bits per heavy atom. The van der Waals surface area contributed by atoms with Crippen molar-refractivity contribution in [1.29, 1.82) is 0 Å². The summed E-state index contributed by atoms with van der Waals surface area (Å²) in [7, 11) is 0. The number of fused-ring (bicyclic) bond motifs is 11. The van der Waals surface area contributed by atoms with E-state index in [1.165, 1.54) is 38.1 Å². The van der Waals surface area contributed by atoms with Crippen molar-refractivity contribution in [1.82, 2.24) is 0 Å². The summed E-state index contributed by atoms with van der Waals surface area (Å²) in [5.41, 5.74) is 13.7. The number of hydrogen-bond donors (Lipinski definition) is 0. The molecule has 2 heterocycles. The summed E-state index contributed by atoms with van der Waals surface area (Å²) in [6.45, 7) is 0. The van der Waals surface area contributed by atoms with Crippen LogP contribution in [0.1, 0.15) is 0 Å². The second-order valence-corrected chi connectivity index (χ2v) is 16.4. The van der Waals surface area contributed by atoms with Crippen LogP contribution in [0.3, 0.4) is 0 Å². The van der Waals surface area contributed by atoms with Crippen molar-refractivity contribution in [3.63, 3.8) is 0 Å². The largest absolute Gasteiger partial charge is 0.456 e. The van der Waals surface area contributed by atoms with Gasteiger partial charge in [-0.2, -0.15) is 0 Å². The van der Waals surface area contributed by atoms with Crippen LogP contribution in [0, 0.1) is 0 Å². The Morgan fingerprint density at radius 2 is 0.889 bits per heavy atom. The minimum absolute atomic E-state index is 0.884. The quantitative estimate of drug-likeness (QED) is 0.157. The number of anilines is 3. The molecule has 0 saturated heterocycles. The third-order valence-corrected chi connectivity index (χ3v) is 12.8. The summed E-state index contributed by atoms with van der Waals surface area (Å²) in [6.07, 6.45) is 0. The molecule has 0 aliphatic rings. The van der Waals surface area contributed by atoms with E-state index in [0.717, 1.165) is 88.6 Å². The minimum Gasteiger partial charge on any atom is -0.456 e. The van der Waals surface area contributed by atoms with Gasteiger partial charge in [0.15, 0.2) is 0 Å². The molecule has 11 aromatic carbocycles. The molecule has 0 aliphatic carbocycles. The summed E-state index contributed by atoms with van der Waals surface area (Å²) >= 11 is 0. The lowest BCUT2D eigenvalue weighted by molar-refractivity contribution is 0.669. The summed E-state index contributed by atoms with van der Waals surface area (Å²) in [5.74, 6) is 0. The molecule has 13 rings (SSSR count). The van der Waals surface area contributed by atoms with Crippen molar-refractivity contribution in [2.75, 3.05) is 4.90 Å². The first-order valence-corrected chi connectivity index (χ1v) is 21.5. The summed E-state index contributed by atoms with van der Waals surface area (Å²) in [6, 6.07) is 80.6. The maximum absolute atomic E-state index is 6.61. The SMILES string of the molecule is c1cc(-c2cccc3oc4c5ccccc5ccc4c23)cc(N(c2ccc(-c3ccc4c(c3)oc3ccccc34)cc2)c2ccc(-c3cc4ccccc4c4ccccc34)cc2)c1. The van der Waals surface area contributed by atoms with Gasteiger partial charge in [0.1, 0.15) is 22.3 Å². The Morgan fingerprint density at radius 1 is 0.270 bits per heavy atom. The van der Waals surface area contributed by atoms with Crippen LogP contribution in [0.4, 0.5) is 17.1 Å². The Bertz CT molecular complexity index is 3910. The number of para-hydroxylation sites is 1. The molecule has 0 amide bonds. The van der Waals surface area contributed by atoms with Gasteiger partial charge in [0, 0.05) is 44.0 Å². The summed E-state index contributed by atoms with van der Waals surface area (Å²) in [5, 5.41) is 11.8. The molecule has 13 aromatic rings. The van der Waals surface area contributed by atoms with Crippen LogP contribution in [0.2, 0.25) is 0 Å². The predicted molar refractivity (Wildman–Crippen MR) is 265 cm³/mol. The van der Waals surface area contributed by atoms with Crippen molar-refractivity contribution in [3.05, 3.63) is 224 Å². The van der Waals surface area contributed by atoms with Crippen LogP contribution in [-0.2, 0) is 0 Å². The highest BCUT2D eigenvalue weighted by molar-refractivity contribution is 6.19. The molecule has 0 aliphatic heterocycles. The maximum atomic E-state index is 6.61. The monoisotopic (exact) mass is 803 g/mol. The first kappa shape index (κ1) is 35.4. The fourth-order valence-corrected chi connectivity index (χ4v) is 9.85. The molecule has 3 nitrogen and oxygen atoms in total. The molecule has 294 valence electrons. The van der Waals surface area contributed by atoms with E-state index in [9.17, 15) is 0 Å². The van der Waals surface area contributed by atoms with Gasteiger partial charge in [-0.05, 0) is 133 Å². The molecule has 0 bridgehead atoms. The highest BCUT2D eigenvalue weighted by atomic mass is 16.3. The van der Waals surface area contributed by atoms with Gasteiger partial charge < -0.3 is 13.7 Å². The van der Waals surface area contributed by atoms with Gasteiger partial charge >= 0.3 is 0 Å². The number of furan rings is 2. The molecule has 0 saturated carbocycles. The van der Waals surface area contributed by atoms with Crippen LogP contribution in [-0.4, -0.2) is 0 Å². The molecule has 63 heavy (non-hydrogen) atoms. The van der Waals surface area contributed by atoms with Gasteiger partial charge in [0.25, 0.3) is 0 Å². The Labute approximate surface area is 363 Å². The summed E-state index contributed by atoms with van der Waals surface area (Å²) < 4.78 is 12.9. The molecular weight excluding hydrogens is 767 g/mol. The van der Waals surface area contributed by atoms with Crippen molar-refractivity contribution in [3.8, 4) is 33.4 Å². The highest BCUT2D eigenvalue weighted by Crippen LogP contribution is 2.44. The van der Waals surface area contributed by atoms with Gasteiger partial charge in [0.2, 0.25) is 0 Å². The number of nitrogens with zero attached hydrogens (tertiary/aromatic N) is 1. The van der Waals surface area contributed by atoms with Gasteiger partial charge in [0.05, 0.1) is 0 Å². The van der Waals surface area contributed by atoms with E-state index in [1.807, 2.05) is 12.1 Å². The van der Waals surface area contributed by atoms with Crippen LogP contribution in [0.25, 0.3) is 110 Å². The molecule has 3 heteroatoms. The molecule has 2 aromatic heterocycles. The molecule has 0 radical (unpaired) electrons. The zero-order chi connectivity index (χ0) is 41.4. The zero-order valence-electron chi connectivity index (χ0n) is 34.1. The number of rotatable bonds is 6. The third-order valence-electron chi connectivity index (χ3n) is 12.8. The molecular formula is C60H37NO2. The zero-order valence-corrected chi connectivity index (χ0v) is 34.1. The topological polar surface area (TPSA) is 29.5 Å². The minimum atomic E-state index is 0.884. The van der Waals surface area contributed by atoms with E-state index < -0.39 is 0 Å². The molecule has 0 spiro atoms. The van der Waals surface area contributed by atoms with Crippen molar-refractivity contribution < 1.29 is 8.83 Å². The second kappa shape index (κ2) is 14.1. The first-order chi connectivity index (χ1) is 31.2. The van der Waals surface area contributed by atoms with Crippen molar-refractivity contribution in [2.45, 2.75) is 0 Å². The number of hydrogen-bond acceptors (Lipinski definition) is 3. The van der Waals surface area contributed by atoms with E-state index in [2.05, 4.69) is 217 Å². The van der Waals surface area contributed by atoms with Gasteiger partial charge in [-0.25, -0.2) is 0 Å². The second-order valence-electron chi connectivity index (χ2n) is 16.4. The lowest BCUT2D eigenvalue weighted by Gasteiger charge is -2.26. The highest BCUT2D eigenvalue weighted by Gasteiger charge is 2.19. The summed E-state index contributed by atoms with van der Waals surface area (Å²) in [4.78, 5) is 2.36. The lowest BCUT2D eigenvalue weighted by atomic mass is 9.93. The lowest BCUT2D eigenvalue weighted by Crippen LogP contribution is -2.10. The molecule has 0 unspecified atom stereocenters. The van der Waals surface area contributed by atoms with Gasteiger partial charge in [-0.15, -0.1) is 0 Å².